The number of carbonyl (C=O) groups is 2. The minimum Gasteiger partial charge on any atom is -0.484 e. The van der Waals surface area contributed by atoms with Crippen molar-refractivity contribution in [2.75, 3.05) is 13.7 Å². The first-order chi connectivity index (χ1) is 13.3. The molecular weight excluding hydrogens is 420 g/mol. The van der Waals surface area contributed by atoms with Crippen molar-refractivity contribution in [2.24, 2.45) is 0 Å². The summed E-state index contributed by atoms with van der Waals surface area (Å²) in [6, 6.07) is 13.0. The van der Waals surface area contributed by atoms with Crippen LogP contribution >= 0.6 is 15.9 Å². The van der Waals surface area contributed by atoms with Crippen molar-refractivity contribution >= 4 is 27.7 Å². The number of nitrogens with zero attached hydrogens (tertiary/aromatic N) is 1. The molecule has 2 amide bonds. The predicted octanol–water partition coefficient (Wildman–Crippen LogP) is 4.00. The molecule has 6 heteroatoms. The van der Waals surface area contributed by atoms with Crippen molar-refractivity contribution in [3.8, 4) is 5.75 Å². The third kappa shape index (κ3) is 5.83. The number of likely N-dealkylation sites (N-methyl/N-ethyl adjacent to an activating group) is 1. The minimum atomic E-state index is -0.548. The standard InChI is InChI=1S/C22H27BrN2O3/c1-5-20(22(27)24-4)25(13-17-8-6-7-15(2)11-17)21(26)14-28-18-9-10-19(23)16(3)12-18/h6-12,20H,5,13-14H2,1-4H3,(H,24,27)/t20-/m0/s1. The van der Waals surface area contributed by atoms with E-state index in [1.165, 1.54) is 0 Å². The fourth-order valence-corrected chi connectivity index (χ4v) is 3.27. The van der Waals surface area contributed by atoms with Gasteiger partial charge in [-0.25, -0.2) is 0 Å². The maximum atomic E-state index is 13.0. The molecule has 0 aromatic heterocycles. The van der Waals surface area contributed by atoms with Crippen LogP contribution in [0.4, 0.5) is 0 Å². The maximum Gasteiger partial charge on any atom is 0.261 e. The number of nitrogens with one attached hydrogen (secondary N) is 1. The van der Waals surface area contributed by atoms with Crippen LogP contribution in [0.25, 0.3) is 0 Å². The van der Waals surface area contributed by atoms with Crippen molar-refractivity contribution < 1.29 is 14.3 Å². The number of halogens is 1. The van der Waals surface area contributed by atoms with Gasteiger partial charge in [-0.05, 0) is 49.6 Å². The Labute approximate surface area is 175 Å². The molecule has 0 radical (unpaired) electrons. The summed E-state index contributed by atoms with van der Waals surface area (Å²) in [6.07, 6.45) is 0.522. The second kappa shape index (κ2) is 10.3. The van der Waals surface area contributed by atoms with E-state index in [2.05, 4.69) is 21.2 Å². The Morgan fingerprint density at radius 1 is 1.18 bits per heavy atom. The molecule has 0 spiro atoms. The van der Waals surface area contributed by atoms with Crippen molar-refractivity contribution in [3.05, 3.63) is 63.6 Å². The number of hydrogen-bond donors (Lipinski definition) is 1. The molecule has 2 aromatic rings. The van der Waals surface area contributed by atoms with Crippen LogP contribution in [0, 0.1) is 13.8 Å². The molecule has 0 aliphatic heterocycles. The normalized spacial score (nSPS) is 11.6. The summed E-state index contributed by atoms with van der Waals surface area (Å²) < 4.78 is 6.69. The summed E-state index contributed by atoms with van der Waals surface area (Å²) in [4.78, 5) is 26.9. The highest BCUT2D eigenvalue weighted by atomic mass is 79.9. The quantitative estimate of drug-likeness (QED) is 0.666. The van der Waals surface area contributed by atoms with Gasteiger partial charge in [-0.1, -0.05) is 52.7 Å². The van der Waals surface area contributed by atoms with Crippen LogP contribution in [0.15, 0.2) is 46.9 Å². The van der Waals surface area contributed by atoms with Crippen LogP contribution < -0.4 is 10.1 Å². The second-order valence-electron chi connectivity index (χ2n) is 6.75. The van der Waals surface area contributed by atoms with Crippen LogP contribution in [0.3, 0.4) is 0 Å². The molecule has 1 N–H and O–H groups in total. The van der Waals surface area contributed by atoms with Gasteiger partial charge in [0.2, 0.25) is 5.91 Å². The molecule has 2 aromatic carbocycles. The summed E-state index contributed by atoms with van der Waals surface area (Å²) in [7, 11) is 1.58. The van der Waals surface area contributed by atoms with Crippen molar-refractivity contribution in [1.82, 2.24) is 10.2 Å². The molecule has 0 saturated carbocycles. The van der Waals surface area contributed by atoms with Crippen LogP contribution in [0.2, 0.25) is 0 Å². The first-order valence-corrected chi connectivity index (χ1v) is 10.1. The Bertz CT molecular complexity index is 838. The highest BCUT2D eigenvalue weighted by molar-refractivity contribution is 9.10. The Morgan fingerprint density at radius 3 is 2.54 bits per heavy atom. The van der Waals surface area contributed by atoms with Gasteiger partial charge < -0.3 is 15.0 Å². The largest absolute Gasteiger partial charge is 0.484 e. The van der Waals surface area contributed by atoms with Crippen molar-refractivity contribution in [2.45, 2.75) is 39.8 Å². The second-order valence-corrected chi connectivity index (χ2v) is 7.60. The molecule has 150 valence electrons. The highest BCUT2D eigenvalue weighted by Crippen LogP contribution is 2.22. The Hall–Kier alpha value is -2.34. The lowest BCUT2D eigenvalue weighted by Gasteiger charge is -2.30. The topological polar surface area (TPSA) is 58.6 Å². The lowest BCUT2D eigenvalue weighted by atomic mass is 10.1. The van der Waals surface area contributed by atoms with E-state index in [9.17, 15) is 9.59 Å². The zero-order valence-corrected chi connectivity index (χ0v) is 18.4. The number of ether oxygens (including phenoxy) is 1. The van der Waals surface area contributed by atoms with E-state index in [0.717, 1.165) is 21.2 Å². The zero-order valence-electron chi connectivity index (χ0n) is 16.8. The molecule has 0 bridgehead atoms. The number of hydrogen-bond acceptors (Lipinski definition) is 3. The number of amides is 2. The van der Waals surface area contributed by atoms with Crippen LogP contribution in [-0.4, -0.2) is 36.4 Å². The van der Waals surface area contributed by atoms with Gasteiger partial charge in [0.15, 0.2) is 6.61 Å². The number of benzene rings is 2. The Kier molecular flexibility index (Phi) is 8.05. The van der Waals surface area contributed by atoms with Gasteiger partial charge in [0.05, 0.1) is 0 Å². The highest BCUT2D eigenvalue weighted by Gasteiger charge is 2.28. The summed E-state index contributed by atoms with van der Waals surface area (Å²) in [5.41, 5.74) is 3.12. The first-order valence-electron chi connectivity index (χ1n) is 9.31. The van der Waals surface area contributed by atoms with Gasteiger partial charge >= 0.3 is 0 Å². The van der Waals surface area contributed by atoms with Crippen molar-refractivity contribution in [3.63, 3.8) is 0 Å². The van der Waals surface area contributed by atoms with Gasteiger partial charge in [0.1, 0.15) is 11.8 Å². The third-order valence-corrected chi connectivity index (χ3v) is 5.45. The van der Waals surface area contributed by atoms with E-state index >= 15 is 0 Å². The minimum absolute atomic E-state index is 0.125. The van der Waals surface area contributed by atoms with E-state index < -0.39 is 6.04 Å². The fraction of sp³-hybridized carbons (Fsp3) is 0.364. The lowest BCUT2D eigenvalue weighted by Crippen LogP contribution is -2.49. The third-order valence-electron chi connectivity index (χ3n) is 4.56. The summed E-state index contributed by atoms with van der Waals surface area (Å²) in [5.74, 6) is 0.220. The summed E-state index contributed by atoms with van der Waals surface area (Å²) in [5, 5.41) is 2.66. The number of aryl methyl sites for hydroxylation is 2. The lowest BCUT2D eigenvalue weighted by molar-refractivity contribution is -0.142. The van der Waals surface area contributed by atoms with E-state index in [0.29, 0.717) is 18.7 Å². The van der Waals surface area contributed by atoms with Gasteiger partial charge in [0.25, 0.3) is 5.91 Å². The zero-order chi connectivity index (χ0) is 20.7. The van der Waals surface area contributed by atoms with Gasteiger partial charge in [-0.3, -0.25) is 9.59 Å². The van der Waals surface area contributed by atoms with Crippen molar-refractivity contribution in [1.29, 1.82) is 0 Å². The number of rotatable bonds is 8. The van der Waals surface area contributed by atoms with Crippen LogP contribution in [0.1, 0.15) is 30.0 Å². The molecule has 0 heterocycles. The Morgan fingerprint density at radius 2 is 1.93 bits per heavy atom. The Balaban J connectivity index is 2.19. The molecule has 28 heavy (non-hydrogen) atoms. The molecule has 0 fully saturated rings. The van der Waals surface area contributed by atoms with E-state index in [1.54, 1.807) is 11.9 Å². The molecule has 0 unspecified atom stereocenters. The van der Waals surface area contributed by atoms with E-state index in [4.69, 9.17) is 4.74 Å². The fourth-order valence-electron chi connectivity index (χ4n) is 3.03. The molecular formula is C22H27BrN2O3. The molecule has 2 rings (SSSR count). The molecule has 0 saturated heterocycles. The number of carbonyl (C=O) groups excluding carboxylic acids is 2. The average molecular weight is 447 g/mol. The van der Waals surface area contributed by atoms with E-state index in [-0.39, 0.29) is 18.4 Å². The van der Waals surface area contributed by atoms with Gasteiger partial charge in [-0.15, -0.1) is 0 Å². The van der Waals surface area contributed by atoms with Crippen LogP contribution in [-0.2, 0) is 16.1 Å². The van der Waals surface area contributed by atoms with Gasteiger partial charge in [0, 0.05) is 18.1 Å². The SMILES string of the molecule is CC[C@@H](C(=O)NC)N(Cc1cccc(C)c1)C(=O)COc1ccc(Br)c(C)c1. The summed E-state index contributed by atoms with van der Waals surface area (Å²) in [6.45, 7) is 6.09. The van der Waals surface area contributed by atoms with Gasteiger partial charge in [-0.2, -0.15) is 0 Å². The molecule has 0 aliphatic rings. The predicted molar refractivity (Wildman–Crippen MR) is 114 cm³/mol. The maximum absolute atomic E-state index is 13.0. The monoisotopic (exact) mass is 446 g/mol. The van der Waals surface area contributed by atoms with Crippen LogP contribution in [0.5, 0.6) is 5.75 Å². The first kappa shape index (κ1) is 22.0. The average Bonchev–Trinajstić information content (AvgIpc) is 2.68. The summed E-state index contributed by atoms with van der Waals surface area (Å²) >= 11 is 3.45. The molecule has 5 nitrogen and oxygen atoms in total. The smallest absolute Gasteiger partial charge is 0.261 e. The van der Waals surface area contributed by atoms with E-state index in [1.807, 2.05) is 63.2 Å². The molecule has 1 atom stereocenters. The molecule has 0 aliphatic carbocycles.